The molecule has 8 nitrogen and oxygen atoms in total. The number of hydrogen-bond acceptors (Lipinski definition) is 7. The summed E-state index contributed by atoms with van der Waals surface area (Å²) in [6.07, 6.45) is 6.62. The van der Waals surface area contributed by atoms with Crippen LogP contribution in [0.4, 0.5) is 10.2 Å². The summed E-state index contributed by atoms with van der Waals surface area (Å²) in [5, 5.41) is 13.6. The lowest BCUT2D eigenvalue weighted by molar-refractivity contribution is -0.143. The van der Waals surface area contributed by atoms with E-state index in [4.69, 9.17) is 19.2 Å². The van der Waals surface area contributed by atoms with Gasteiger partial charge in [0.15, 0.2) is 11.6 Å². The van der Waals surface area contributed by atoms with Gasteiger partial charge in [0.1, 0.15) is 17.6 Å². The first kappa shape index (κ1) is 30.1. The second-order valence-electron chi connectivity index (χ2n) is 11.0. The van der Waals surface area contributed by atoms with E-state index in [0.717, 1.165) is 74.3 Å². The van der Waals surface area contributed by atoms with Crippen molar-refractivity contribution in [3.8, 4) is 11.5 Å². The number of methoxy groups -OCH3 is 1. The highest BCUT2D eigenvalue weighted by Gasteiger charge is 2.37. The molecule has 1 saturated heterocycles. The smallest absolute Gasteiger partial charge is 0.325 e. The van der Waals surface area contributed by atoms with E-state index in [1.807, 2.05) is 18.7 Å². The number of nitrogens with one attached hydrogen (secondary N) is 1. The molecule has 4 rings (SSSR count). The second-order valence-corrected chi connectivity index (χ2v) is 11.0. The number of rotatable bonds is 14. The Morgan fingerprint density at radius 1 is 1.25 bits per heavy atom. The molecule has 0 spiro atoms. The van der Waals surface area contributed by atoms with E-state index in [-0.39, 0.29) is 24.4 Å². The molecular weight excluding hydrogens is 513 g/mol. The number of likely N-dealkylation sites (tertiary alicyclic amines) is 1. The van der Waals surface area contributed by atoms with Crippen LogP contribution in [0, 0.1) is 5.82 Å². The Balaban J connectivity index is 1.28. The molecule has 2 atom stereocenters. The maximum atomic E-state index is 15.0. The highest BCUT2D eigenvalue weighted by molar-refractivity contribution is 5.77. The standard InChI is InChI=1S/C31H44FN3O5/c1-5-39-29-25(16-21(20(2)3)17-26(29)32)28(31(36)37)35-14-12-23(19-35)40-15-8-6-7-10-22-18-27(38-4)24-11-9-13-33-30(24)34-22/h16-18,20,23,28H,5-15,19H2,1-4H3,(H,33,34)(H,36,37)/t23-,28+/m1/s1. The third-order valence-electron chi connectivity index (χ3n) is 7.80. The van der Waals surface area contributed by atoms with Crippen molar-refractivity contribution in [2.75, 3.05) is 45.3 Å². The van der Waals surface area contributed by atoms with Gasteiger partial charge in [-0.15, -0.1) is 0 Å². The van der Waals surface area contributed by atoms with E-state index in [1.54, 1.807) is 20.1 Å². The number of benzene rings is 1. The Morgan fingerprint density at radius 2 is 2.08 bits per heavy atom. The van der Waals surface area contributed by atoms with Crippen molar-refractivity contribution in [1.82, 2.24) is 9.88 Å². The number of hydrogen-bond donors (Lipinski definition) is 2. The molecule has 0 aliphatic carbocycles. The van der Waals surface area contributed by atoms with Gasteiger partial charge >= 0.3 is 5.97 Å². The molecule has 0 unspecified atom stereocenters. The predicted octanol–water partition coefficient (Wildman–Crippen LogP) is 5.74. The maximum absolute atomic E-state index is 15.0. The Hall–Kier alpha value is -2.91. The molecule has 1 fully saturated rings. The lowest BCUT2D eigenvalue weighted by Gasteiger charge is -2.27. The summed E-state index contributed by atoms with van der Waals surface area (Å²) in [6.45, 7) is 8.59. The fourth-order valence-electron chi connectivity index (χ4n) is 5.68. The number of fused-ring (bicyclic) bond motifs is 1. The minimum atomic E-state index is -1.01. The van der Waals surface area contributed by atoms with Crippen molar-refractivity contribution in [2.24, 2.45) is 0 Å². The fourth-order valence-corrected chi connectivity index (χ4v) is 5.68. The molecule has 3 heterocycles. The topological polar surface area (TPSA) is 93.2 Å². The van der Waals surface area contributed by atoms with Crippen LogP contribution < -0.4 is 14.8 Å². The molecule has 0 amide bonds. The molecule has 0 saturated carbocycles. The van der Waals surface area contributed by atoms with Gasteiger partial charge in [0.05, 0.1) is 19.8 Å². The van der Waals surface area contributed by atoms with Crippen LogP contribution in [0.15, 0.2) is 18.2 Å². The van der Waals surface area contributed by atoms with Gasteiger partial charge < -0.3 is 24.6 Å². The van der Waals surface area contributed by atoms with Gasteiger partial charge in [0, 0.05) is 49.1 Å². The number of unbranched alkanes of at least 4 members (excludes halogenated alkanes) is 2. The number of pyridine rings is 1. The molecule has 0 bridgehead atoms. The third kappa shape index (κ3) is 7.23. The van der Waals surface area contributed by atoms with E-state index in [2.05, 4.69) is 11.4 Å². The average Bonchev–Trinajstić information content (AvgIpc) is 3.39. The van der Waals surface area contributed by atoms with Crippen LogP contribution in [0.25, 0.3) is 0 Å². The lowest BCUT2D eigenvalue weighted by Crippen LogP contribution is -2.34. The highest BCUT2D eigenvalue weighted by Crippen LogP contribution is 2.37. The van der Waals surface area contributed by atoms with Gasteiger partial charge in [-0.2, -0.15) is 0 Å². The van der Waals surface area contributed by atoms with Crippen LogP contribution in [-0.4, -0.2) is 67.0 Å². The molecule has 2 N–H and O–H groups in total. The minimum absolute atomic E-state index is 0.0329. The summed E-state index contributed by atoms with van der Waals surface area (Å²) >= 11 is 0. The van der Waals surface area contributed by atoms with Crippen LogP contribution in [-0.2, 0) is 22.4 Å². The van der Waals surface area contributed by atoms with Gasteiger partial charge in [-0.25, -0.2) is 9.37 Å². The molecule has 0 radical (unpaired) electrons. The van der Waals surface area contributed by atoms with Gasteiger partial charge in [0.2, 0.25) is 0 Å². The van der Waals surface area contributed by atoms with Crippen LogP contribution in [0.1, 0.15) is 87.2 Å². The first-order valence-corrected chi connectivity index (χ1v) is 14.7. The van der Waals surface area contributed by atoms with Crippen molar-refractivity contribution in [2.45, 2.75) is 83.8 Å². The van der Waals surface area contributed by atoms with E-state index >= 15 is 0 Å². The summed E-state index contributed by atoms with van der Waals surface area (Å²) in [5.74, 6) is 0.459. The normalized spacial score (nSPS) is 17.9. The van der Waals surface area contributed by atoms with E-state index in [9.17, 15) is 14.3 Å². The minimum Gasteiger partial charge on any atom is -0.496 e. The fraction of sp³-hybridized carbons (Fsp3) is 0.613. The zero-order chi connectivity index (χ0) is 28.6. The predicted molar refractivity (Wildman–Crippen MR) is 153 cm³/mol. The summed E-state index contributed by atoms with van der Waals surface area (Å²) in [4.78, 5) is 19.1. The Kier molecular flexibility index (Phi) is 10.6. The van der Waals surface area contributed by atoms with Crippen molar-refractivity contribution < 1.29 is 28.5 Å². The first-order chi connectivity index (χ1) is 19.3. The summed E-state index contributed by atoms with van der Waals surface area (Å²) in [6, 6.07) is 4.31. The second kappa shape index (κ2) is 14.1. The SMILES string of the molecule is CCOc1c(F)cc(C(C)C)cc1[C@@H](C(=O)O)N1CC[C@@H](OCCCCCc2cc(OC)c3c(n2)NCCC3)C1. The number of carbonyl (C=O) groups is 1. The van der Waals surface area contributed by atoms with Gasteiger partial charge in [0.25, 0.3) is 0 Å². The van der Waals surface area contributed by atoms with E-state index in [1.165, 1.54) is 11.6 Å². The van der Waals surface area contributed by atoms with Crippen molar-refractivity contribution in [3.05, 3.63) is 46.4 Å². The molecule has 2 aliphatic heterocycles. The maximum Gasteiger partial charge on any atom is 0.325 e. The molecule has 2 aliphatic rings. The van der Waals surface area contributed by atoms with Crippen LogP contribution in [0.5, 0.6) is 11.5 Å². The quantitative estimate of drug-likeness (QED) is 0.284. The molecule has 220 valence electrons. The summed E-state index contributed by atoms with van der Waals surface area (Å²) in [7, 11) is 1.72. The van der Waals surface area contributed by atoms with Crippen LogP contribution in [0.2, 0.25) is 0 Å². The zero-order valence-electron chi connectivity index (χ0n) is 24.3. The van der Waals surface area contributed by atoms with Gasteiger partial charge in [-0.3, -0.25) is 9.69 Å². The number of aryl methyl sites for hydroxylation is 1. The number of carboxylic acids is 1. The van der Waals surface area contributed by atoms with Gasteiger partial charge in [-0.1, -0.05) is 20.3 Å². The van der Waals surface area contributed by atoms with E-state index in [0.29, 0.717) is 25.3 Å². The number of halogens is 1. The highest BCUT2D eigenvalue weighted by atomic mass is 19.1. The Labute approximate surface area is 237 Å². The lowest BCUT2D eigenvalue weighted by atomic mass is 9.95. The zero-order valence-corrected chi connectivity index (χ0v) is 24.3. The first-order valence-electron chi connectivity index (χ1n) is 14.7. The Bertz CT molecular complexity index is 1140. The number of anilines is 1. The van der Waals surface area contributed by atoms with Crippen molar-refractivity contribution in [3.63, 3.8) is 0 Å². The average molecular weight is 558 g/mol. The van der Waals surface area contributed by atoms with E-state index < -0.39 is 17.8 Å². The largest absolute Gasteiger partial charge is 0.496 e. The summed E-state index contributed by atoms with van der Waals surface area (Å²) in [5.41, 5.74) is 3.35. The number of aromatic nitrogens is 1. The van der Waals surface area contributed by atoms with Crippen LogP contribution >= 0.6 is 0 Å². The number of aliphatic carboxylic acids is 1. The van der Waals surface area contributed by atoms with Crippen molar-refractivity contribution >= 4 is 11.8 Å². The van der Waals surface area contributed by atoms with Crippen LogP contribution in [0.3, 0.4) is 0 Å². The molecule has 1 aromatic heterocycles. The third-order valence-corrected chi connectivity index (χ3v) is 7.80. The summed E-state index contributed by atoms with van der Waals surface area (Å²) < 4.78 is 32.3. The van der Waals surface area contributed by atoms with Crippen molar-refractivity contribution in [1.29, 1.82) is 0 Å². The number of ether oxygens (including phenoxy) is 3. The monoisotopic (exact) mass is 557 g/mol. The molecular formula is C31H44FN3O5. The number of nitrogens with zero attached hydrogens (tertiary/aromatic N) is 2. The Morgan fingerprint density at radius 3 is 2.80 bits per heavy atom. The molecule has 9 heteroatoms. The molecule has 2 aromatic rings. The number of carboxylic acid groups (broad SMARTS) is 1. The molecule has 1 aromatic carbocycles. The van der Waals surface area contributed by atoms with Gasteiger partial charge in [-0.05, 0) is 69.1 Å². The molecule has 40 heavy (non-hydrogen) atoms.